The normalized spacial score (nSPS) is 13.9. The maximum absolute atomic E-state index is 12.2. The maximum Gasteiger partial charge on any atom is 0.421 e. The summed E-state index contributed by atoms with van der Waals surface area (Å²) in [5.41, 5.74) is 0.621. The first-order valence-corrected chi connectivity index (χ1v) is 6.50. The molecule has 0 saturated carbocycles. The highest BCUT2D eigenvalue weighted by Crippen LogP contribution is 2.31. The van der Waals surface area contributed by atoms with Crippen LogP contribution in [0.5, 0.6) is 0 Å². The van der Waals surface area contributed by atoms with Gasteiger partial charge >= 0.3 is 12.1 Å². The highest BCUT2D eigenvalue weighted by molar-refractivity contribution is 6.17. The molecule has 0 atom stereocenters. The second kappa shape index (κ2) is 5.20. The molecule has 1 aliphatic heterocycles. The third-order valence-corrected chi connectivity index (χ3v) is 2.91. The number of benzene rings is 1. The van der Waals surface area contributed by atoms with Crippen molar-refractivity contribution >= 4 is 23.7 Å². The van der Waals surface area contributed by atoms with Crippen LogP contribution in [-0.4, -0.2) is 30.7 Å². The number of amides is 2. The molecule has 0 saturated heterocycles. The van der Waals surface area contributed by atoms with E-state index < -0.39 is 17.7 Å². The molecule has 1 aliphatic rings. The molecular formula is C15H17NO5. The Balaban J connectivity index is 2.37. The Labute approximate surface area is 122 Å². The smallest absolute Gasteiger partial charge is 0.421 e. The van der Waals surface area contributed by atoms with Crippen LogP contribution in [0.3, 0.4) is 0 Å². The van der Waals surface area contributed by atoms with E-state index in [0.29, 0.717) is 11.3 Å². The minimum absolute atomic E-state index is 0.107. The van der Waals surface area contributed by atoms with E-state index in [4.69, 9.17) is 4.74 Å². The number of carbonyl (C=O) groups excluding carboxylic acids is 3. The topological polar surface area (TPSA) is 72.9 Å². The minimum atomic E-state index is -0.742. The molecule has 0 fully saturated rings. The number of fused-ring (bicyclic) bond motifs is 1. The summed E-state index contributed by atoms with van der Waals surface area (Å²) in [4.78, 5) is 36.7. The number of imide groups is 1. The van der Waals surface area contributed by atoms with E-state index in [1.54, 1.807) is 32.9 Å². The van der Waals surface area contributed by atoms with Gasteiger partial charge in [0.05, 0.1) is 24.8 Å². The van der Waals surface area contributed by atoms with Gasteiger partial charge in [-0.15, -0.1) is 0 Å². The van der Waals surface area contributed by atoms with Crippen molar-refractivity contribution in [3.63, 3.8) is 0 Å². The summed E-state index contributed by atoms with van der Waals surface area (Å²) in [7, 11) is 1.27. The lowest BCUT2D eigenvalue weighted by Crippen LogP contribution is -2.38. The number of esters is 1. The Kier molecular flexibility index (Phi) is 3.72. The van der Waals surface area contributed by atoms with Crippen LogP contribution in [0.25, 0.3) is 0 Å². The first-order valence-electron chi connectivity index (χ1n) is 6.50. The summed E-state index contributed by atoms with van der Waals surface area (Å²) in [6.07, 6.45) is -0.635. The molecule has 0 aliphatic carbocycles. The van der Waals surface area contributed by atoms with Crippen LogP contribution in [-0.2, 0) is 20.7 Å². The number of nitrogens with zero attached hydrogens (tertiary/aromatic N) is 1. The van der Waals surface area contributed by atoms with Crippen molar-refractivity contribution in [3.8, 4) is 0 Å². The minimum Gasteiger partial charge on any atom is -0.465 e. The predicted molar refractivity (Wildman–Crippen MR) is 75.2 cm³/mol. The summed E-state index contributed by atoms with van der Waals surface area (Å²) in [5.74, 6) is -0.900. The molecule has 2 amide bonds. The Morgan fingerprint density at radius 3 is 2.48 bits per heavy atom. The van der Waals surface area contributed by atoms with Crippen LogP contribution in [0, 0.1) is 0 Å². The van der Waals surface area contributed by atoms with Crippen molar-refractivity contribution in [1.29, 1.82) is 0 Å². The quantitative estimate of drug-likeness (QED) is 0.742. The number of carbonyl (C=O) groups is 3. The molecule has 1 heterocycles. The summed E-state index contributed by atoms with van der Waals surface area (Å²) in [6.45, 7) is 5.16. The number of rotatable bonds is 1. The molecule has 112 valence electrons. The van der Waals surface area contributed by atoms with E-state index >= 15 is 0 Å². The average Bonchev–Trinajstić information content (AvgIpc) is 2.70. The van der Waals surface area contributed by atoms with Gasteiger partial charge in [-0.2, -0.15) is 0 Å². The molecule has 0 bridgehead atoms. The largest absolute Gasteiger partial charge is 0.465 e. The summed E-state index contributed by atoms with van der Waals surface area (Å²) in [5, 5.41) is 0. The van der Waals surface area contributed by atoms with Gasteiger partial charge in [-0.05, 0) is 38.5 Å². The van der Waals surface area contributed by atoms with Crippen LogP contribution < -0.4 is 4.90 Å². The van der Waals surface area contributed by atoms with E-state index in [-0.39, 0.29) is 17.9 Å². The number of anilines is 1. The van der Waals surface area contributed by atoms with Gasteiger partial charge in [0, 0.05) is 0 Å². The fourth-order valence-electron chi connectivity index (χ4n) is 2.05. The second-order valence-corrected chi connectivity index (χ2v) is 5.72. The van der Waals surface area contributed by atoms with Crippen molar-refractivity contribution in [1.82, 2.24) is 0 Å². The van der Waals surface area contributed by atoms with Crippen LogP contribution in [0.15, 0.2) is 18.2 Å². The molecule has 2 rings (SSSR count). The average molecular weight is 291 g/mol. The highest BCUT2D eigenvalue weighted by Gasteiger charge is 2.35. The van der Waals surface area contributed by atoms with Crippen LogP contribution in [0.4, 0.5) is 10.5 Å². The molecular weight excluding hydrogens is 274 g/mol. The molecule has 0 spiro atoms. The summed E-state index contributed by atoms with van der Waals surface area (Å²) < 4.78 is 9.87. The van der Waals surface area contributed by atoms with Crippen molar-refractivity contribution in [2.24, 2.45) is 0 Å². The number of ether oxygens (including phenoxy) is 2. The van der Waals surface area contributed by atoms with Gasteiger partial charge in [-0.1, -0.05) is 6.07 Å². The predicted octanol–water partition coefficient (Wildman–Crippen LogP) is 2.30. The van der Waals surface area contributed by atoms with E-state index in [0.717, 1.165) is 4.90 Å². The van der Waals surface area contributed by atoms with Crippen LogP contribution >= 0.6 is 0 Å². The first kappa shape index (κ1) is 15.0. The highest BCUT2D eigenvalue weighted by atomic mass is 16.6. The van der Waals surface area contributed by atoms with Gasteiger partial charge in [0.2, 0.25) is 5.91 Å². The van der Waals surface area contributed by atoms with Gasteiger partial charge in [-0.25, -0.2) is 14.5 Å². The number of hydrogen-bond acceptors (Lipinski definition) is 5. The van der Waals surface area contributed by atoms with Gasteiger partial charge in [0.15, 0.2) is 0 Å². The maximum atomic E-state index is 12.2. The Morgan fingerprint density at radius 2 is 1.90 bits per heavy atom. The number of methoxy groups -OCH3 is 1. The molecule has 0 aromatic heterocycles. The lowest BCUT2D eigenvalue weighted by atomic mass is 10.1. The summed E-state index contributed by atoms with van der Waals surface area (Å²) >= 11 is 0. The molecule has 0 unspecified atom stereocenters. The van der Waals surface area contributed by atoms with E-state index in [1.807, 2.05) is 0 Å². The molecule has 6 nitrogen and oxygen atoms in total. The summed E-state index contributed by atoms with van der Waals surface area (Å²) in [6, 6.07) is 4.68. The molecule has 6 heteroatoms. The van der Waals surface area contributed by atoms with E-state index in [9.17, 15) is 14.4 Å². The first-order chi connectivity index (χ1) is 9.73. The Morgan fingerprint density at radius 1 is 1.24 bits per heavy atom. The number of hydrogen-bond donors (Lipinski definition) is 0. The lowest BCUT2D eigenvalue weighted by molar-refractivity contribution is -0.117. The van der Waals surface area contributed by atoms with E-state index in [2.05, 4.69) is 4.74 Å². The zero-order valence-corrected chi connectivity index (χ0v) is 12.4. The molecule has 0 N–H and O–H groups in total. The standard InChI is InChI=1S/C15H17NO5/c1-15(2,3)21-14(19)16-11-7-10(13(18)20-4)6-5-9(11)8-12(16)17/h5-7H,8H2,1-4H3. The SMILES string of the molecule is COC(=O)c1ccc2c(c1)N(C(=O)OC(C)(C)C)C(=O)C2. The van der Waals surface area contributed by atoms with Crippen LogP contribution in [0.1, 0.15) is 36.7 Å². The van der Waals surface area contributed by atoms with Crippen molar-refractivity contribution in [2.75, 3.05) is 12.0 Å². The molecule has 0 radical (unpaired) electrons. The Hall–Kier alpha value is -2.37. The van der Waals surface area contributed by atoms with Gasteiger partial charge in [-0.3, -0.25) is 4.79 Å². The molecule has 1 aromatic rings. The molecule has 21 heavy (non-hydrogen) atoms. The second-order valence-electron chi connectivity index (χ2n) is 5.72. The fourth-order valence-corrected chi connectivity index (χ4v) is 2.05. The van der Waals surface area contributed by atoms with Crippen molar-refractivity contribution in [3.05, 3.63) is 29.3 Å². The van der Waals surface area contributed by atoms with Crippen molar-refractivity contribution in [2.45, 2.75) is 32.8 Å². The molecule has 1 aromatic carbocycles. The lowest BCUT2D eigenvalue weighted by Gasteiger charge is -2.23. The monoisotopic (exact) mass is 291 g/mol. The van der Waals surface area contributed by atoms with Gasteiger partial charge in [0.1, 0.15) is 5.60 Å². The third kappa shape index (κ3) is 3.04. The third-order valence-electron chi connectivity index (χ3n) is 2.91. The van der Waals surface area contributed by atoms with E-state index in [1.165, 1.54) is 13.2 Å². The zero-order valence-electron chi connectivity index (χ0n) is 12.4. The van der Waals surface area contributed by atoms with Crippen LogP contribution in [0.2, 0.25) is 0 Å². The Bertz CT molecular complexity index is 615. The zero-order chi connectivity index (χ0) is 15.8. The van der Waals surface area contributed by atoms with Gasteiger partial charge < -0.3 is 9.47 Å². The van der Waals surface area contributed by atoms with Gasteiger partial charge in [0.25, 0.3) is 0 Å². The fraction of sp³-hybridized carbons (Fsp3) is 0.400. The van der Waals surface area contributed by atoms with Crippen molar-refractivity contribution < 1.29 is 23.9 Å².